The zero-order valence-electron chi connectivity index (χ0n) is 8.85. The SMILES string of the molecule is CCn1nc(-c2ccccc2)cc(Br)c1=O. The average Bonchev–Trinajstić information content (AvgIpc) is 2.33. The molecular weight excluding hydrogens is 268 g/mol. The van der Waals surface area contributed by atoms with Crippen molar-refractivity contribution >= 4 is 15.9 Å². The lowest BCUT2D eigenvalue weighted by Crippen LogP contribution is -2.22. The van der Waals surface area contributed by atoms with Crippen LogP contribution in [0.4, 0.5) is 0 Å². The van der Waals surface area contributed by atoms with Crippen molar-refractivity contribution in [3.8, 4) is 11.3 Å². The first kappa shape index (κ1) is 11.1. The van der Waals surface area contributed by atoms with Crippen LogP contribution in [-0.2, 0) is 6.54 Å². The molecule has 0 bridgehead atoms. The maximum atomic E-state index is 11.6. The van der Waals surface area contributed by atoms with E-state index in [0.717, 1.165) is 11.3 Å². The van der Waals surface area contributed by atoms with Crippen molar-refractivity contribution in [2.24, 2.45) is 0 Å². The summed E-state index contributed by atoms with van der Waals surface area (Å²) < 4.78 is 2.00. The fourth-order valence-corrected chi connectivity index (χ4v) is 1.90. The van der Waals surface area contributed by atoms with Gasteiger partial charge >= 0.3 is 0 Å². The van der Waals surface area contributed by atoms with Gasteiger partial charge in [0.2, 0.25) is 0 Å². The molecule has 2 rings (SSSR count). The predicted octanol–water partition coefficient (Wildman–Crippen LogP) is 2.69. The van der Waals surface area contributed by atoms with E-state index >= 15 is 0 Å². The lowest BCUT2D eigenvalue weighted by atomic mass is 10.1. The largest absolute Gasteiger partial charge is 0.281 e. The van der Waals surface area contributed by atoms with Crippen LogP contribution < -0.4 is 5.56 Å². The third kappa shape index (κ3) is 2.07. The molecule has 16 heavy (non-hydrogen) atoms. The second-order valence-electron chi connectivity index (χ2n) is 3.36. The Morgan fingerprint density at radius 3 is 2.62 bits per heavy atom. The van der Waals surface area contributed by atoms with E-state index in [-0.39, 0.29) is 5.56 Å². The van der Waals surface area contributed by atoms with Crippen LogP contribution in [0, 0.1) is 0 Å². The Labute approximate surface area is 102 Å². The summed E-state index contributed by atoms with van der Waals surface area (Å²) in [6, 6.07) is 11.6. The Morgan fingerprint density at radius 1 is 1.31 bits per heavy atom. The van der Waals surface area contributed by atoms with Crippen molar-refractivity contribution < 1.29 is 0 Å². The highest BCUT2D eigenvalue weighted by molar-refractivity contribution is 9.10. The van der Waals surface area contributed by atoms with Crippen molar-refractivity contribution in [2.45, 2.75) is 13.5 Å². The van der Waals surface area contributed by atoms with E-state index in [0.29, 0.717) is 11.0 Å². The molecule has 0 aliphatic carbocycles. The van der Waals surface area contributed by atoms with E-state index in [4.69, 9.17) is 0 Å². The molecule has 0 aliphatic heterocycles. The van der Waals surface area contributed by atoms with Crippen LogP contribution in [0.15, 0.2) is 45.7 Å². The topological polar surface area (TPSA) is 34.9 Å². The van der Waals surface area contributed by atoms with Crippen LogP contribution in [0.5, 0.6) is 0 Å². The number of rotatable bonds is 2. The summed E-state index contributed by atoms with van der Waals surface area (Å²) >= 11 is 3.26. The second kappa shape index (κ2) is 4.61. The summed E-state index contributed by atoms with van der Waals surface area (Å²) in [6.45, 7) is 2.47. The van der Waals surface area contributed by atoms with Crippen LogP contribution >= 0.6 is 15.9 Å². The fourth-order valence-electron chi connectivity index (χ4n) is 1.47. The third-order valence-electron chi connectivity index (χ3n) is 2.30. The first-order valence-electron chi connectivity index (χ1n) is 5.05. The van der Waals surface area contributed by atoms with Gasteiger partial charge in [0.05, 0.1) is 10.2 Å². The standard InChI is InChI=1S/C12H11BrN2O/c1-2-15-12(16)10(13)8-11(14-15)9-6-4-3-5-7-9/h3-8H,2H2,1H3. The minimum absolute atomic E-state index is 0.0952. The number of aromatic nitrogens is 2. The predicted molar refractivity (Wildman–Crippen MR) is 67.3 cm³/mol. The number of benzene rings is 1. The Bertz CT molecular complexity index is 549. The highest BCUT2D eigenvalue weighted by Crippen LogP contribution is 2.17. The molecule has 0 aliphatic rings. The minimum Gasteiger partial charge on any atom is -0.267 e. The third-order valence-corrected chi connectivity index (χ3v) is 2.87. The number of nitrogens with zero attached hydrogens (tertiary/aromatic N) is 2. The molecule has 1 aromatic carbocycles. The van der Waals surface area contributed by atoms with Gasteiger partial charge in [0.15, 0.2) is 0 Å². The summed E-state index contributed by atoms with van der Waals surface area (Å²) in [4.78, 5) is 11.6. The highest BCUT2D eigenvalue weighted by atomic mass is 79.9. The van der Waals surface area contributed by atoms with Gasteiger partial charge in [-0.3, -0.25) is 4.79 Å². The van der Waals surface area contributed by atoms with Gasteiger partial charge < -0.3 is 0 Å². The van der Waals surface area contributed by atoms with E-state index in [1.165, 1.54) is 4.68 Å². The van der Waals surface area contributed by atoms with Gasteiger partial charge in [-0.05, 0) is 28.9 Å². The molecule has 0 N–H and O–H groups in total. The van der Waals surface area contributed by atoms with Crippen molar-refractivity contribution in [1.29, 1.82) is 0 Å². The van der Waals surface area contributed by atoms with Gasteiger partial charge in [0.25, 0.3) is 5.56 Å². The number of halogens is 1. The summed E-state index contributed by atoms with van der Waals surface area (Å²) in [5.74, 6) is 0. The van der Waals surface area contributed by atoms with Crippen molar-refractivity contribution in [1.82, 2.24) is 9.78 Å². The Hall–Kier alpha value is -1.42. The van der Waals surface area contributed by atoms with Gasteiger partial charge in [-0.2, -0.15) is 5.10 Å². The van der Waals surface area contributed by atoms with Gasteiger partial charge in [0, 0.05) is 12.1 Å². The van der Waals surface area contributed by atoms with Gasteiger partial charge in [-0.1, -0.05) is 30.3 Å². The summed E-state index contributed by atoms with van der Waals surface area (Å²) in [5.41, 5.74) is 1.71. The van der Waals surface area contributed by atoms with Crippen LogP contribution in [-0.4, -0.2) is 9.78 Å². The van der Waals surface area contributed by atoms with Crippen molar-refractivity contribution in [3.63, 3.8) is 0 Å². The number of hydrogen-bond acceptors (Lipinski definition) is 2. The quantitative estimate of drug-likeness (QED) is 0.847. The van der Waals surface area contributed by atoms with Crippen LogP contribution in [0.25, 0.3) is 11.3 Å². The van der Waals surface area contributed by atoms with E-state index in [1.54, 1.807) is 6.07 Å². The van der Waals surface area contributed by atoms with Gasteiger partial charge in [-0.25, -0.2) is 4.68 Å². The number of hydrogen-bond donors (Lipinski definition) is 0. The molecule has 82 valence electrons. The molecule has 0 saturated heterocycles. The zero-order valence-corrected chi connectivity index (χ0v) is 10.4. The normalized spacial score (nSPS) is 10.4. The molecular formula is C12H11BrN2O. The van der Waals surface area contributed by atoms with Crippen LogP contribution in [0.3, 0.4) is 0 Å². The van der Waals surface area contributed by atoms with Crippen molar-refractivity contribution in [2.75, 3.05) is 0 Å². The van der Waals surface area contributed by atoms with Crippen molar-refractivity contribution in [3.05, 3.63) is 51.2 Å². The molecule has 0 fully saturated rings. The first-order chi connectivity index (χ1) is 7.72. The fraction of sp³-hybridized carbons (Fsp3) is 0.167. The molecule has 0 radical (unpaired) electrons. The molecule has 4 heteroatoms. The smallest absolute Gasteiger partial charge is 0.267 e. The molecule has 0 amide bonds. The van der Waals surface area contributed by atoms with E-state index in [1.807, 2.05) is 37.3 Å². The molecule has 0 saturated carbocycles. The molecule has 0 atom stereocenters. The lowest BCUT2D eigenvalue weighted by molar-refractivity contribution is 0.615. The second-order valence-corrected chi connectivity index (χ2v) is 4.22. The molecule has 1 heterocycles. The number of aryl methyl sites for hydroxylation is 1. The Morgan fingerprint density at radius 2 is 2.00 bits per heavy atom. The maximum absolute atomic E-state index is 11.6. The molecule has 0 unspecified atom stereocenters. The summed E-state index contributed by atoms with van der Waals surface area (Å²) in [7, 11) is 0. The lowest BCUT2D eigenvalue weighted by Gasteiger charge is -2.05. The monoisotopic (exact) mass is 278 g/mol. The van der Waals surface area contributed by atoms with Crippen LogP contribution in [0.1, 0.15) is 6.92 Å². The highest BCUT2D eigenvalue weighted by Gasteiger charge is 2.06. The maximum Gasteiger partial charge on any atom is 0.281 e. The van der Waals surface area contributed by atoms with Crippen LogP contribution in [0.2, 0.25) is 0 Å². The molecule has 3 nitrogen and oxygen atoms in total. The Kier molecular flexibility index (Phi) is 3.19. The van der Waals surface area contributed by atoms with E-state index in [2.05, 4.69) is 21.0 Å². The van der Waals surface area contributed by atoms with E-state index in [9.17, 15) is 4.79 Å². The van der Waals surface area contributed by atoms with Gasteiger partial charge in [-0.15, -0.1) is 0 Å². The summed E-state index contributed by atoms with van der Waals surface area (Å²) in [6.07, 6.45) is 0. The minimum atomic E-state index is -0.0952. The summed E-state index contributed by atoms with van der Waals surface area (Å²) in [5, 5.41) is 4.30. The van der Waals surface area contributed by atoms with E-state index < -0.39 is 0 Å². The average molecular weight is 279 g/mol. The molecule has 1 aromatic heterocycles. The molecule has 2 aromatic rings. The van der Waals surface area contributed by atoms with Gasteiger partial charge in [0.1, 0.15) is 0 Å². The zero-order chi connectivity index (χ0) is 11.5. The Balaban J connectivity index is 2.60. The first-order valence-corrected chi connectivity index (χ1v) is 5.84. The molecule has 0 spiro atoms.